The van der Waals surface area contributed by atoms with Gasteiger partial charge in [-0.05, 0) is 109 Å². The Morgan fingerprint density at radius 2 is 1.61 bits per heavy atom. The van der Waals surface area contributed by atoms with E-state index in [-0.39, 0.29) is 0 Å². The van der Waals surface area contributed by atoms with E-state index >= 15 is 0 Å². The number of rotatable bonds is 14. The van der Waals surface area contributed by atoms with Crippen LogP contribution in [0.2, 0.25) is 0 Å². The second kappa shape index (κ2) is 9.65. The number of hydrogen-bond acceptors (Lipinski definition) is 1. The third-order valence-electron chi connectivity index (χ3n) is 9.70. The van der Waals surface area contributed by atoms with E-state index in [2.05, 4.69) is 39.5 Å². The summed E-state index contributed by atoms with van der Waals surface area (Å²) in [5.74, 6) is 14.0. The van der Waals surface area contributed by atoms with Gasteiger partial charge in [-0.2, -0.15) is 11.8 Å². The summed E-state index contributed by atoms with van der Waals surface area (Å²) < 4.78 is 0. The molecule has 0 aromatic heterocycles. The lowest BCUT2D eigenvalue weighted by Crippen LogP contribution is -2.27. The van der Waals surface area contributed by atoms with Gasteiger partial charge in [0.2, 0.25) is 0 Å². The minimum absolute atomic E-state index is 0.937. The standard InChI is InChI=1S/C27H48S/c1-5-18(4)8-9-19(6-2)14-24-26(17-28-16-22-13-10-20(22)7-3)27(24)25-15-23(25)21-11-12-21/h18-27H,5-17H2,1-4H3. The predicted octanol–water partition coefficient (Wildman–Crippen LogP) is 8.31. The van der Waals surface area contributed by atoms with E-state index in [9.17, 15) is 0 Å². The fourth-order valence-corrected chi connectivity index (χ4v) is 8.39. The van der Waals surface area contributed by atoms with Crippen molar-refractivity contribution in [3.05, 3.63) is 0 Å². The Kier molecular flexibility index (Phi) is 7.44. The maximum absolute atomic E-state index is 2.47. The van der Waals surface area contributed by atoms with Crippen LogP contribution in [0.15, 0.2) is 0 Å². The van der Waals surface area contributed by atoms with E-state index in [0.29, 0.717) is 0 Å². The molecule has 0 aliphatic heterocycles. The van der Waals surface area contributed by atoms with Gasteiger partial charge in [-0.25, -0.2) is 0 Å². The third kappa shape index (κ3) is 5.15. The van der Waals surface area contributed by atoms with Crippen molar-refractivity contribution in [2.75, 3.05) is 11.5 Å². The molecule has 0 radical (unpaired) electrons. The summed E-state index contributed by atoms with van der Waals surface area (Å²) in [4.78, 5) is 0. The Morgan fingerprint density at radius 1 is 0.821 bits per heavy atom. The molecule has 0 amide bonds. The molecule has 0 aromatic carbocycles. The van der Waals surface area contributed by atoms with Gasteiger partial charge in [-0.3, -0.25) is 0 Å². The maximum Gasteiger partial charge on any atom is -0.00334 e. The van der Waals surface area contributed by atoms with Crippen LogP contribution < -0.4 is 0 Å². The lowest BCUT2D eigenvalue weighted by atomic mass is 9.73. The highest BCUT2D eigenvalue weighted by atomic mass is 32.2. The zero-order valence-electron chi connectivity index (χ0n) is 19.4. The highest BCUT2D eigenvalue weighted by Gasteiger charge is 2.62. The lowest BCUT2D eigenvalue weighted by molar-refractivity contribution is 0.195. The Bertz CT molecular complexity index is 481. The van der Waals surface area contributed by atoms with Crippen molar-refractivity contribution in [3.8, 4) is 0 Å². The molecule has 4 fully saturated rings. The van der Waals surface area contributed by atoms with Crippen molar-refractivity contribution < 1.29 is 0 Å². The second-order valence-electron chi connectivity index (χ2n) is 11.4. The van der Waals surface area contributed by atoms with Gasteiger partial charge in [-0.15, -0.1) is 0 Å². The zero-order chi connectivity index (χ0) is 19.7. The predicted molar refractivity (Wildman–Crippen MR) is 126 cm³/mol. The average molecular weight is 405 g/mol. The van der Waals surface area contributed by atoms with Gasteiger partial charge in [0.15, 0.2) is 0 Å². The highest BCUT2D eigenvalue weighted by Crippen LogP contribution is 2.68. The second-order valence-corrected chi connectivity index (χ2v) is 12.5. The summed E-state index contributed by atoms with van der Waals surface area (Å²) >= 11 is 2.36. The van der Waals surface area contributed by atoms with Crippen molar-refractivity contribution >= 4 is 11.8 Å². The molecule has 0 saturated heterocycles. The SMILES string of the molecule is CCC(C)CCC(CC)CC1C(CSCC2CCC2CC)C1C1CC1C1CC1. The molecule has 1 heteroatoms. The Morgan fingerprint density at radius 3 is 2.21 bits per heavy atom. The van der Waals surface area contributed by atoms with Gasteiger partial charge in [0.25, 0.3) is 0 Å². The van der Waals surface area contributed by atoms with E-state index in [0.717, 1.165) is 41.4 Å². The van der Waals surface area contributed by atoms with E-state index in [1.165, 1.54) is 74.2 Å². The van der Waals surface area contributed by atoms with Crippen LogP contribution in [-0.4, -0.2) is 11.5 Å². The van der Waals surface area contributed by atoms with Crippen LogP contribution in [-0.2, 0) is 0 Å². The summed E-state index contributed by atoms with van der Waals surface area (Å²) in [7, 11) is 0. The van der Waals surface area contributed by atoms with E-state index in [4.69, 9.17) is 0 Å². The molecule has 28 heavy (non-hydrogen) atoms. The summed E-state index contributed by atoms with van der Waals surface area (Å²) in [6.45, 7) is 9.70. The largest absolute Gasteiger partial charge is 0.161 e. The molecule has 0 spiro atoms. The first kappa shape index (κ1) is 21.6. The Hall–Kier alpha value is 0.350. The first-order valence-corrected chi connectivity index (χ1v) is 14.4. The first-order valence-electron chi connectivity index (χ1n) is 13.2. The van der Waals surface area contributed by atoms with Crippen LogP contribution in [0.4, 0.5) is 0 Å². The summed E-state index contributed by atoms with van der Waals surface area (Å²) in [5, 5.41) is 0. The molecule has 0 N–H and O–H groups in total. The molecular weight excluding hydrogens is 356 g/mol. The van der Waals surface area contributed by atoms with Crippen LogP contribution in [0.1, 0.15) is 98.3 Å². The highest BCUT2D eigenvalue weighted by molar-refractivity contribution is 7.99. The third-order valence-corrected chi connectivity index (χ3v) is 11.0. The Labute approximate surface area is 180 Å². The van der Waals surface area contributed by atoms with Gasteiger partial charge in [-0.1, -0.05) is 59.8 Å². The van der Waals surface area contributed by atoms with Crippen molar-refractivity contribution in [1.82, 2.24) is 0 Å². The van der Waals surface area contributed by atoms with E-state index in [1.807, 2.05) is 0 Å². The van der Waals surface area contributed by atoms with Gasteiger partial charge >= 0.3 is 0 Å². The molecule has 0 nitrogen and oxygen atoms in total. The van der Waals surface area contributed by atoms with Crippen LogP contribution in [0.3, 0.4) is 0 Å². The monoisotopic (exact) mass is 404 g/mol. The van der Waals surface area contributed by atoms with Gasteiger partial charge in [0, 0.05) is 0 Å². The van der Waals surface area contributed by atoms with Crippen molar-refractivity contribution in [1.29, 1.82) is 0 Å². The smallest absolute Gasteiger partial charge is 0.00334 e. The summed E-state index contributed by atoms with van der Waals surface area (Å²) in [6, 6.07) is 0. The van der Waals surface area contributed by atoms with E-state index < -0.39 is 0 Å². The minimum Gasteiger partial charge on any atom is -0.161 e. The molecule has 162 valence electrons. The normalized spacial score (nSPS) is 41.4. The summed E-state index contributed by atoms with van der Waals surface area (Å²) in [6.07, 6.45) is 16.6. The quantitative estimate of drug-likeness (QED) is 0.280. The van der Waals surface area contributed by atoms with Gasteiger partial charge in [0.05, 0.1) is 0 Å². The molecular formula is C27H48S. The minimum atomic E-state index is 0.937. The molecule has 9 atom stereocenters. The molecule has 4 saturated carbocycles. The topological polar surface area (TPSA) is 0 Å². The molecule has 0 heterocycles. The first-order chi connectivity index (χ1) is 13.7. The average Bonchev–Trinajstić information content (AvgIpc) is 3.52. The zero-order valence-corrected chi connectivity index (χ0v) is 20.2. The van der Waals surface area contributed by atoms with Crippen molar-refractivity contribution in [2.24, 2.45) is 59.2 Å². The molecule has 4 rings (SSSR count). The maximum atomic E-state index is 2.47. The van der Waals surface area contributed by atoms with Crippen molar-refractivity contribution in [3.63, 3.8) is 0 Å². The fraction of sp³-hybridized carbons (Fsp3) is 1.00. The number of hydrogen-bond donors (Lipinski definition) is 0. The lowest BCUT2D eigenvalue weighted by Gasteiger charge is -2.35. The van der Waals surface area contributed by atoms with Crippen LogP contribution in [0.5, 0.6) is 0 Å². The molecule has 4 aliphatic carbocycles. The molecule has 9 unspecified atom stereocenters. The number of thioether (sulfide) groups is 1. The van der Waals surface area contributed by atoms with Crippen LogP contribution >= 0.6 is 11.8 Å². The van der Waals surface area contributed by atoms with Gasteiger partial charge < -0.3 is 0 Å². The molecule has 0 aromatic rings. The Balaban J connectivity index is 1.24. The fourth-order valence-electron chi connectivity index (χ4n) is 6.77. The van der Waals surface area contributed by atoms with Crippen LogP contribution in [0.25, 0.3) is 0 Å². The van der Waals surface area contributed by atoms with Crippen molar-refractivity contribution in [2.45, 2.75) is 98.3 Å². The molecule has 0 bridgehead atoms. The van der Waals surface area contributed by atoms with Crippen LogP contribution in [0, 0.1) is 59.2 Å². The van der Waals surface area contributed by atoms with E-state index in [1.54, 1.807) is 25.7 Å². The summed E-state index contributed by atoms with van der Waals surface area (Å²) in [5.41, 5.74) is 0. The van der Waals surface area contributed by atoms with Gasteiger partial charge in [0.1, 0.15) is 0 Å². The molecule has 4 aliphatic rings.